The molecule has 4 rings (SSSR count). The second-order valence-corrected chi connectivity index (χ2v) is 6.84. The maximum atomic E-state index is 13.0. The van der Waals surface area contributed by atoms with E-state index in [9.17, 15) is 4.79 Å². The first-order valence-corrected chi connectivity index (χ1v) is 9.15. The van der Waals surface area contributed by atoms with Gasteiger partial charge in [0.1, 0.15) is 11.4 Å². The fraction of sp³-hybridized carbons (Fsp3) is 0.238. The number of pyridine rings is 1. The van der Waals surface area contributed by atoms with Gasteiger partial charge in [-0.15, -0.1) is 0 Å². The van der Waals surface area contributed by atoms with E-state index in [2.05, 4.69) is 20.6 Å². The highest BCUT2D eigenvalue weighted by atomic mass is 16.5. The number of carbonyl (C=O) groups is 1. The van der Waals surface area contributed by atoms with E-state index in [4.69, 9.17) is 9.26 Å². The molecule has 148 valence electrons. The van der Waals surface area contributed by atoms with E-state index < -0.39 is 0 Å². The van der Waals surface area contributed by atoms with Crippen LogP contribution in [0.1, 0.15) is 27.4 Å². The van der Waals surface area contributed by atoms with E-state index in [0.29, 0.717) is 40.3 Å². The van der Waals surface area contributed by atoms with Gasteiger partial charge in [-0.05, 0) is 38.1 Å². The molecule has 0 radical (unpaired) electrons. The van der Waals surface area contributed by atoms with Crippen molar-refractivity contribution < 1.29 is 14.1 Å². The number of nitrogens with one attached hydrogen (secondary N) is 1. The second-order valence-electron chi connectivity index (χ2n) is 6.84. The van der Waals surface area contributed by atoms with Crippen molar-refractivity contribution >= 4 is 17.0 Å². The van der Waals surface area contributed by atoms with Crippen molar-refractivity contribution in [3.8, 4) is 17.0 Å². The molecule has 0 spiro atoms. The summed E-state index contributed by atoms with van der Waals surface area (Å²) >= 11 is 0. The number of hydrogen-bond donors (Lipinski definition) is 1. The van der Waals surface area contributed by atoms with Crippen LogP contribution in [0, 0.1) is 13.8 Å². The summed E-state index contributed by atoms with van der Waals surface area (Å²) in [6, 6.07) is 11.1. The van der Waals surface area contributed by atoms with Gasteiger partial charge in [0, 0.05) is 18.3 Å². The van der Waals surface area contributed by atoms with Crippen molar-refractivity contribution in [3.05, 3.63) is 59.0 Å². The van der Waals surface area contributed by atoms with Gasteiger partial charge >= 0.3 is 0 Å². The Bertz CT molecular complexity index is 1210. The minimum atomic E-state index is -0.230. The minimum absolute atomic E-state index is 0.230. The Morgan fingerprint density at radius 3 is 2.76 bits per heavy atom. The molecule has 0 unspecified atom stereocenters. The summed E-state index contributed by atoms with van der Waals surface area (Å²) in [5.74, 6) is 0.461. The molecule has 1 N–H and O–H groups in total. The van der Waals surface area contributed by atoms with Crippen molar-refractivity contribution in [2.75, 3.05) is 7.11 Å². The maximum absolute atomic E-state index is 13.0. The van der Waals surface area contributed by atoms with Crippen LogP contribution < -0.4 is 10.1 Å². The summed E-state index contributed by atoms with van der Waals surface area (Å²) in [5, 5.41) is 12.0. The number of aromatic nitrogens is 4. The van der Waals surface area contributed by atoms with Crippen LogP contribution in [-0.4, -0.2) is 32.9 Å². The van der Waals surface area contributed by atoms with E-state index in [1.165, 1.54) is 0 Å². The van der Waals surface area contributed by atoms with Crippen molar-refractivity contribution in [2.24, 2.45) is 7.05 Å². The molecule has 0 aliphatic carbocycles. The lowest BCUT2D eigenvalue weighted by atomic mass is 10.0. The van der Waals surface area contributed by atoms with Crippen molar-refractivity contribution in [3.63, 3.8) is 0 Å². The molecule has 0 fully saturated rings. The standard InChI is InChI=1S/C21H21N5O3/c1-12-9-17(20(27)22-11-15-8-13(2)24-26(15)3)18-19(25-29-21(18)23-12)14-6-5-7-16(10-14)28-4/h5-10H,11H2,1-4H3,(H,22,27). The van der Waals surface area contributed by atoms with Crippen LogP contribution in [0.4, 0.5) is 0 Å². The lowest BCUT2D eigenvalue weighted by molar-refractivity contribution is 0.0951. The van der Waals surface area contributed by atoms with E-state index in [0.717, 1.165) is 17.0 Å². The van der Waals surface area contributed by atoms with Gasteiger partial charge in [-0.3, -0.25) is 9.48 Å². The molecule has 1 amide bonds. The van der Waals surface area contributed by atoms with E-state index in [-0.39, 0.29) is 5.91 Å². The third-order valence-electron chi connectivity index (χ3n) is 4.69. The zero-order valence-corrected chi connectivity index (χ0v) is 16.7. The average Bonchev–Trinajstić information content (AvgIpc) is 3.27. The molecule has 1 aromatic carbocycles. The number of methoxy groups -OCH3 is 1. The molecule has 3 heterocycles. The van der Waals surface area contributed by atoms with Crippen molar-refractivity contribution in [1.29, 1.82) is 0 Å². The molecule has 8 nitrogen and oxygen atoms in total. The number of amides is 1. The van der Waals surface area contributed by atoms with Crippen LogP contribution in [-0.2, 0) is 13.6 Å². The van der Waals surface area contributed by atoms with Gasteiger partial charge in [0.25, 0.3) is 11.6 Å². The Morgan fingerprint density at radius 1 is 1.21 bits per heavy atom. The number of benzene rings is 1. The number of fused-ring (bicyclic) bond motifs is 1. The topological polar surface area (TPSA) is 95.1 Å². The average molecular weight is 391 g/mol. The van der Waals surface area contributed by atoms with Gasteiger partial charge in [0.2, 0.25) is 0 Å². The highest BCUT2D eigenvalue weighted by Gasteiger charge is 2.21. The lowest BCUT2D eigenvalue weighted by Crippen LogP contribution is -2.24. The summed E-state index contributed by atoms with van der Waals surface area (Å²) < 4.78 is 12.5. The van der Waals surface area contributed by atoms with E-state index >= 15 is 0 Å². The third kappa shape index (κ3) is 3.56. The van der Waals surface area contributed by atoms with Crippen LogP contribution in [0.15, 0.2) is 40.9 Å². The Balaban J connectivity index is 1.74. The number of rotatable bonds is 5. The van der Waals surface area contributed by atoms with Gasteiger partial charge in [0.15, 0.2) is 0 Å². The zero-order valence-electron chi connectivity index (χ0n) is 16.7. The summed E-state index contributed by atoms with van der Waals surface area (Å²) in [5.41, 5.74) is 4.61. The Hall–Kier alpha value is -3.68. The van der Waals surface area contributed by atoms with Gasteiger partial charge in [-0.2, -0.15) is 5.10 Å². The molecule has 0 atom stereocenters. The number of aryl methyl sites for hydroxylation is 3. The maximum Gasteiger partial charge on any atom is 0.259 e. The van der Waals surface area contributed by atoms with Crippen molar-refractivity contribution in [2.45, 2.75) is 20.4 Å². The summed E-state index contributed by atoms with van der Waals surface area (Å²) in [4.78, 5) is 17.4. The Kier molecular flexibility index (Phi) is 4.75. The van der Waals surface area contributed by atoms with E-state index in [1.54, 1.807) is 17.9 Å². The fourth-order valence-electron chi connectivity index (χ4n) is 3.32. The predicted molar refractivity (Wildman–Crippen MR) is 108 cm³/mol. The quantitative estimate of drug-likeness (QED) is 0.561. The SMILES string of the molecule is COc1cccc(-c2noc3nc(C)cc(C(=O)NCc4cc(C)nn4C)c23)c1. The van der Waals surface area contributed by atoms with Crippen LogP contribution in [0.5, 0.6) is 5.75 Å². The molecular weight excluding hydrogens is 370 g/mol. The van der Waals surface area contributed by atoms with E-state index in [1.807, 2.05) is 51.2 Å². The molecular formula is C21H21N5O3. The predicted octanol–water partition coefficient (Wildman–Crippen LogP) is 3.18. The first-order valence-electron chi connectivity index (χ1n) is 9.15. The first-order chi connectivity index (χ1) is 14.0. The molecule has 0 bridgehead atoms. The van der Waals surface area contributed by atoms with Crippen LogP contribution in [0.3, 0.4) is 0 Å². The van der Waals surface area contributed by atoms with Crippen LogP contribution in [0.2, 0.25) is 0 Å². The Morgan fingerprint density at radius 2 is 2.03 bits per heavy atom. The smallest absolute Gasteiger partial charge is 0.259 e. The molecule has 0 aliphatic rings. The fourth-order valence-corrected chi connectivity index (χ4v) is 3.32. The Labute approximate surface area is 167 Å². The molecule has 4 aromatic rings. The second kappa shape index (κ2) is 7.38. The number of hydrogen-bond acceptors (Lipinski definition) is 6. The molecule has 29 heavy (non-hydrogen) atoms. The molecule has 0 saturated heterocycles. The van der Waals surface area contributed by atoms with Gasteiger partial charge in [-0.25, -0.2) is 4.98 Å². The third-order valence-corrected chi connectivity index (χ3v) is 4.69. The summed E-state index contributed by atoms with van der Waals surface area (Å²) in [6.45, 7) is 4.09. The zero-order chi connectivity index (χ0) is 20.5. The highest BCUT2D eigenvalue weighted by Crippen LogP contribution is 2.32. The lowest BCUT2D eigenvalue weighted by Gasteiger charge is -2.08. The molecule has 3 aromatic heterocycles. The summed E-state index contributed by atoms with van der Waals surface area (Å²) in [6.07, 6.45) is 0. The van der Waals surface area contributed by atoms with Crippen LogP contribution in [0.25, 0.3) is 22.4 Å². The van der Waals surface area contributed by atoms with Gasteiger partial charge in [-0.1, -0.05) is 17.3 Å². The molecule has 8 heteroatoms. The number of ether oxygens (including phenoxy) is 1. The number of nitrogens with zero attached hydrogens (tertiary/aromatic N) is 4. The summed E-state index contributed by atoms with van der Waals surface area (Å²) in [7, 11) is 3.45. The normalized spacial score (nSPS) is 11.0. The van der Waals surface area contributed by atoms with Crippen LogP contribution >= 0.6 is 0 Å². The van der Waals surface area contributed by atoms with Gasteiger partial charge in [0.05, 0.1) is 36.0 Å². The molecule has 0 aliphatic heterocycles. The first kappa shape index (κ1) is 18.7. The highest BCUT2D eigenvalue weighted by molar-refractivity contribution is 6.09. The van der Waals surface area contributed by atoms with Gasteiger partial charge < -0.3 is 14.6 Å². The minimum Gasteiger partial charge on any atom is -0.497 e. The molecule has 0 saturated carbocycles. The largest absolute Gasteiger partial charge is 0.497 e. The number of carbonyl (C=O) groups excluding carboxylic acids is 1. The van der Waals surface area contributed by atoms with Crippen molar-refractivity contribution in [1.82, 2.24) is 25.2 Å². The monoisotopic (exact) mass is 391 g/mol.